The zero-order chi connectivity index (χ0) is 14.2. The van der Waals surface area contributed by atoms with E-state index in [1.807, 2.05) is 6.92 Å². The van der Waals surface area contributed by atoms with Crippen LogP contribution in [0, 0.1) is 0 Å². The summed E-state index contributed by atoms with van der Waals surface area (Å²) in [5, 5.41) is 2.69. The zero-order valence-corrected chi connectivity index (χ0v) is 12.5. The topological polar surface area (TPSA) is 72.5 Å². The first-order chi connectivity index (χ1) is 8.33. The fraction of sp³-hybridized carbons (Fsp3) is 0.917. The molecule has 5 nitrogen and oxygen atoms in total. The minimum Gasteiger partial charge on any atom is -0.465 e. The highest BCUT2D eigenvalue weighted by atomic mass is 32.2. The van der Waals surface area contributed by atoms with Gasteiger partial charge in [-0.3, -0.25) is 4.79 Å². The highest BCUT2D eigenvalue weighted by Gasteiger charge is 2.26. The average Bonchev–Trinajstić information content (AvgIpc) is 2.25. The van der Waals surface area contributed by atoms with Crippen molar-refractivity contribution in [2.24, 2.45) is 0 Å². The van der Waals surface area contributed by atoms with Crippen LogP contribution in [0.15, 0.2) is 0 Å². The van der Waals surface area contributed by atoms with E-state index in [0.29, 0.717) is 6.42 Å². The van der Waals surface area contributed by atoms with Crippen LogP contribution in [0.2, 0.25) is 0 Å². The van der Waals surface area contributed by atoms with Crippen LogP contribution < -0.4 is 5.32 Å². The van der Waals surface area contributed by atoms with Gasteiger partial charge in [0.1, 0.15) is 5.75 Å². The molecule has 108 valence electrons. The molecule has 2 atom stereocenters. The van der Waals surface area contributed by atoms with Gasteiger partial charge in [-0.05, 0) is 40.2 Å². The van der Waals surface area contributed by atoms with Gasteiger partial charge in [0.15, 0.2) is 9.84 Å². The summed E-state index contributed by atoms with van der Waals surface area (Å²) in [6.07, 6.45) is 1.51. The van der Waals surface area contributed by atoms with Crippen molar-refractivity contribution >= 4 is 15.8 Å². The minimum absolute atomic E-state index is 0.122. The quantitative estimate of drug-likeness (QED) is 0.641. The van der Waals surface area contributed by atoms with Crippen molar-refractivity contribution in [2.75, 3.05) is 18.9 Å². The lowest BCUT2D eigenvalue weighted by atomic mass is 10.2. The average molecular weight is 279 g/mol. The third-order valence-corrected chi connectivity index (χ3v) is 4.72. The molecular formula is C12H25NO4S. The lowest BCUT2D eigenvalue weighted by Gasteiger charge is -2.18. The van der Waals surface area contributed by atoms with E-state index < -0.39 is 26.8 Å². The Bertz CT molecular complexity index is 340. The third-order valence-electron chi connectivity index (χ3n) is 2.67. The highest BCUT2D eigenvalue weighted by Crippen LogP contribution is 2.10. The summed E-state index contributed by atoms with van der Waals surface area (Å²) in [6.45, 7) is 8.37. The maximum Gasteiger partial charge on any atom is 0.321 e. The van der Waals surface area contributed by atoms with E-state index in [1.54, 1.807) is 13.8 Å². The summed E-state index contributed by atoms with van der Waals surface area (Å²) in [4.78, 5) is 11.2. The van der Waals surface area contributed by atoms with Crippen LogP contribution in [-0.2, 0) is 19.4 Å². The number of carbonyl (C=O) groups is 1. The third kappa shape index (κ3) is 6.96. The normalized spacial score (nSPS) is 15.1. The number of hydrogen-bond acceptors (Lipinski definition) is 5. The maximum absolute atomic E-state index is 11.9. The van der Waals surface area contributed by atoms with Gasteiger partial charge in [0.2, 0.25) is 0 Å². The Balaban J connectivity index is 4.29. The predicted octanol–water partition coefficient (Wildman–Crippen LogP) is 1.13. The smallest absolute Gasteiger partial charge is 0.321 e. The lowest BCUT2D eigenvalue weighted by Crippen LogP contribution is -2.35. The van der Waals surface area contributed by atoms with Crippen LogP contribution in [0.1, 0.15) is 40.5 Å². The largest absolute Gasteiger partial charge is 0.465 e. The van der Waals surface area contributed by atoms with Crippen LogP contribution in [-0.4, -0.2) is 44.6 Å². The molecule has 1 N–H and O–H groups in total. The Labute approximate surface area is 110 Å². The van der Waals surface area contributed by atoms with Gasteiger partial charge in [-0.2, -0.15) is 0 Å². The second-order valence-corrected chi connectivity index (χ2v) is 6.93. The first-order valence-corrected chi connectivity index (χ1v) is 8.15. The standard InChI is InChI=1S/C12H25NO4S/c1-5-7-13-10(3)8-11(4)18(15,16)9-12(14)17-6-2/h10-11,13H,5-9H2,1-4H3. The molecule has 0 rings (SSSR count). The maximum atomic E-state index is 11.9. The molecule has 0 saturated heterocycles. The van der Waals surface area contributed by atoms with Crippen LogP contribution in [0.3, 0.4) is 0 Å². The Morgan fingerprint density at radius 2 is 1.89 bits per heavy atom. The Morgan fingerprint density at radius 3 is 2.39 bits per heavy atom. The van der Waals surface area contributed by atoms with Crippen molar-refractivity contribution in [3.8, 4) is 0 Å². The molecule has 0 radical (unpaired) electrons. The monoisotopic (exact) mass is 279 g/mol. The SMILES string of the molecule is CCCNC(C)CC(C)S(=O)(=O)CC(=O)OCC. The molecule has 0 heterocycles. The molecule has 18 heavy (non-hydrogen) atoms. The number of rotatable bonds is 9. The fourth-order valence-electron chi connectivity index (χ4n) is 1.63. The van der Waals surface area contributed by atoms with E-state index in [1.165, 1.54) is 0 Å². The first-order valence-electron chi connectivity index (χ1n) is 6.44. The van der Waals surface area contributed by atoms with Crippen molar-refractivity contribution in [1.29, 1.82) is 0 Å². The van der Waals surface area contributed by atoms with Gasteiger partial charge in [0.25, 0.3) is 0 Å². The molecule has 0 aliphatic heterocycles. The van der Waals surface area contributed by atoms with E-state index in [2.05, 4.69) is 17.0 Å². The van der Waals surface area contributed by atoms with E-state index in [4.69, 9.17) is 0 Å². The van der Waals surface area contributed by atoms with Gasteiger partial charge in [-0.25, -0.2) is 8.42 Å². The van der Waals surface area contributed by atoms with E-state index in [-0.39, 0.29) is 12.6 Å². The number of sulfone groups is 1. The fourth-order valence-corrected chi connectivity index (χ4v) is 2.91. The van der Waals surface area contributed by atoms with Crippen molar-refractivity contribution in [1.82, 2.24) is 5.32 Å². The highest BCUT2D eigenvalue weighted by molar-refractivity contribution is 7.92. The first kappa shape index (κ1) is 17.4. The summed E-state index contributed by atoms with van der Waals surface area (Å²) in [5.74, 6) is -1.19. The molecule has 0 spiro atoms. The van der Waals surface area contributed by atoms with Crippen molar-refractivity contribution < 1.29 is 17.9 Å². The molecule has 0 aromatic heterocycles. The minimum atomic E-state index is -3.42. The van der Waals surface area contributed by atoms with Gasteiger partial charge in [-0.1, -0.05) is 6.92 Å². The molecule has 0 aromatic carbocycles. The second kappa shape index (κ2) is 8.48. The number of ether oxygens (including phenoxy) is 1. The molecule has 0 aliphatic carbocycles. The molecule has 0 aromatic rings. The van der Waals surface area contributed by atoms with E-state index in [0.717, 1.165) is 13.0 Å². The molecule has 0 amide bonds. The van der Waals surface area contributed by atoms with Crippen molar-refractivity contribution in [3.05, 3.63) is 0 Å². The van der Waals surface area contributed by atoms with Gasteiger partial charge in [-0.15, -0.1) is 0 Å². The second-order valence-electron chi connectivity index (χ2n) is 4.51. The van der Waals surface area contributed by atoms with Gasteiger partial charge >= 0.3 is 5.97 Å². The predicted molar refractivity (Wildman–Crippen MR) is 72.3 cm³/mol. The molecule has 0 bridgehead atoms. The molecule has 0 saturated carbocycles. The summed E-state index contributed by atoms with van der Waals surface area (Å²) < 4.78 is 28.5. The van der Waals surface area contributed by atoms with Gasteiger partial charge < -0.3 is 10.1 Å². The van der Waals surface area contributed by atoms with Gasteiger partial charge in [0, 0.05) is 6.04 Å². The number of carbonyl (C=O) groups excluding carboxylic acids is 1. The summed E-state index contributed by atoms with van der Waals surface area (Å²) in [7, 11) is -3.42. The molecule has 2 unspecified atom stereocenters. The van der Waals surface area contributed by atoms with E-state index >= 15 is 0 Å². The summed E-state index contributed by atoms with van der Waals surface area (Å²) in [5.41, 5.74) is 0. The molecule has 6 heteroatoms. The van der Waals surface area contributed by atoms with Crippen LogP contribution in [0.25, 0.3) is 0 Å². The molecular weight excluding hydrogens is 254 g/mol. The number of esters is 1. The number of hydrogen-bond donors (Lipinski definition) is 1. The molecule has 0 fully saturated rings. The summed E-state index contributed by atoms with van der Waals surface area (Å²) in [6, 6.07) is 0.122. The van der Waals surface area contributed by atoms with Crippen LogP contribution >= 0.6 is 0 Å². The van der Waals surface area contributed by atoms with Crippen molar-refractivity contribution in [2.45, 2.75) is 51.8 Å². The Hall–Kier alpha value is -0.620. The Kier molecular flexibility index (Phi) is 8.18. The zero-order valence-electron chi connectivity index (χ0n) is 11.7. The number of nitrogens with one attached hydrogen (secondary N) is 1. The molecule has 0 aliphatic rings. The van der Waals surface area contributed by atoms with E-state index in [9.17, 15) is 13.2 Å². The van der Waals surface area contributed by atoms with Gasteiger partial charge in [0.05, 0.1) is 11.9 Å². The lowest BCUT2D eigenvalue weighted by molar-refractivity contribution is -0.139. The van der Waals surface area contributed by atoms with Crippen molar-refractivity contribution in [3.63, 3.8) is 0 Å². The summed E-state index contributed by atoms with van der Waals surface area (Å²) >= 11 is 0. The van der Waals surface area contributed by atoms with Crippen LogP contribution in [0.4, 0.5) is 0 Å². The Morgan fingerprint density at radius 1 is 1.28 bits per heavy atom. The van der Waals surface area contributed by atoms with Crippen LogP contribution in [0.5, 0.6) is 0 Å².